The Morgan fingerprint density at radius 2 is 1.93 bits per heavy atom. The number of halogens is 1. The molecule has 30 heavy (non-hydrogen) atoms. The van der Waals surface area contributed by atoms with Crippen LogP contribution >= 0.6 is 0 Å². The minimum Gasteiger partial charge on any atom is -0.355 e. The number of carbonyl (C=O) groups excluding carboxylic acids is 1. The summed E-state index contributed by atoms with van der Waals surface area (Å²) in [7, 11) is 0. The van der Waals surface area contributed by atoms with Crippen molar-refractivity contribution in [3.8, 4) is 11.1 Å². The first-order valence-corrected chi connectivity index (χ1v) is 10.2. The van der Waals surface area contributed by atoms with Crippen molar-refractivity contribution < 1.29 is 9.18 Å². The summed E-state index contributed by atoms with van der Waals surface area (Å²) in [6, 6.07) is 18.0. The van der Waals surface area contributed by atoms with Gasteiger partial charge in [-0.2, -0.15) is 4.39 Å². The van der Waals surface area contributed by atoms with Gasteiger partial charge in [0.25, 0.3) is 0 Å². The highest BCUT2D eigenvalue weighted by Gasteiger charge is 2.17. The molecule has 0 fully saturated rings. The molecule has 4 nitrogen and oxygen atoms in total. The van der Waals surface area contributed by atoms with E-state index < -0.39 is 5.97 Å². The lowest BCUT2D eigenvalue weighted by Crippen LogP contribution is -2.28. The van der Waals surface area contributed by atoms with Gasteiger partial charge < -0.3 is 5.32 Å². The third kappa shape index (κ3) is 4.46. The number of amides is 1. The molecule has 3 aromatic rings. The molecular weight excluding hydrogens is 377 g/mol. The lowest BCUT2D eigenvalue weighted by molar-refractivity contribution is -0.120. The van der Waals surface area contributed by atoms with E-state index in [2.05, 4.69) is 33.5 Å². The molecule has 5 heteroatoms. The first kappa shape index (κ1) is 20.0. The highest BCUT2D eigenvalue weighted by atomic mass is 19.1. The van der Waals surface area contributed by atoms with Gasteiger partial charge in [-0.3, -0.25) is 14.8 Å². The van der Waals surface area contributed by atoms with Gasteiger partial charge in [-0.1, -0.05) is 49.4 Å². The topological polar surface area (TPSA) is 54.4 Å². The molecule has 0 spiro atoms. The maximum Gasteiger partial charge on any atom is 0.219 e. The molecule has 1 atom stereocenters. The van der Waals surface area contributed by atoms with Crippen molar-refractivity contribution in [1.29, 1.82) is 0 Å². The number of hydrogen-bond donors (Lipinski definition) is 1. The quantitative estimate of drug-likeness (QED) is 0.616. The number of rotatable bonds is 7. The number of aliphatic imine (C=N–C) groups is 1. The summed E-state index contributed by atoms with van der Waals surface area (Å²) in [5, 5.41) is 3.02. The zero-order valence-corrected chi connectivity index (χ0v) is 16.9. The standard InChI is InChI=1S/C25H24FN3O/c1-2-24(30)28-16-22(18-6-4-3-5-7-18)11-17-10-21(14-27-13-17)19-8-9-20-15-29-25(26)23(20)12-19/h3-10,12-14,22H,2,11,15-16H2,1H3,(H,28,30)/t22-/m0/s1. The van der Waals surface area contributed by atoms with Gasteiger partial charge in [-0.15, -0.1) is 0 Å². The molecule has 152 valence electrons. The highest BCUT2D eigenvalue weighted by molar-refractivity contribution is 5.98. The normalized spacial score (nSPS) is 13.5. The summed E-state index contributed by atoms with van der Waals surface area (Å²) in [6.45, 7) is 2.83. The minimum absolute atomic E-state index is 0.0460. The Kier molecular flexibility index (Phi) is 5.98. The van der Waals surface area contributed by atoms with Gasteiger partial charge >= 0.3 is 0 Å². The third-order valence-corrected chi connectivity index (χ3v) is 5.47. The minimum atomic E-state index is -0.397. The largest absolute Gasteiger partial charge is 0.355 e. The summed E-state index contributed by atoms with van der Waals surface area (Å²) in [5.41, 5.74) is 5.60. The van der Waals surface area contributed by atoms with Crippen LogP contribution in [0.1, 0.15) is 41.5 Å². The fourth-order valence-corrected chi connectivity index (χ4v) is 3.76. The van der Waals surface area contributed by atoms with Crippen molar-refractivity contribution in [2.45, 2.75) is 32.2 Å². The fourth-order valence-electron chi connectivity index (χ4n) is 3.76. The van der Waals surface area contributed by atoms with Crippen LogP contribution in [-0.2, 0) is 17.8 Å². The van der Waals surface area contributed by atoms with Crippen molar-refractivity contribution in [3.63, 3.8) is 0 Å². The van der Waals surface area contributed by atoms with Gasteiger partial charge in [0, 0.05) is 42.4 Å². The van der Waals surface area contributed by atoms with E-state index in [0.717, 1.165) is 28.7 Å². The van der Waals surface area contributed by atoms with Gasteiger partial charge in [0.1, 0.15) is 0 Å². The summed E-state index contributed by atoms with van der Waals surface area (Å²) < 4.78 is 13.9. The van der Waals surface area contributed by atoms with Crippen LogP contribution in [0.2, 0.25) is 0 Å². The van der Waals surface area contributed by atoms with Crippen LogP contribution in [-0.4, -0.2) is 23.4 Å². The highest BCUT2D eigenvalue weighted by Crippen LogP contribution is 2.28. The lowest BCUT2D eigenvalue weighted by atomic mass is 9.91. The molecule has 2 aromatic carbocycles. The van der Waals surface area contributed by atoms with E-state index in [1.807, 2.05) is 49.5 Å². The number of benzene rings is 2. The van der Waals surface area contributed by atoms with Crippen molar-refractivity contribution in [1.82, 2.24) is 10.3 Å². The number of nitrogens with one attached hydrogen (secondary N) is 1. The number of fused-ring (bicyclic) bond motifs is 1. The Hall–Kier alpha value is -3.34. The first-order valence-electron chi connectivity index (χ1n) is 10.2. The Morgan fingerprint density at radius 3 is 2.73 bits per heavy atom. The Bertz CT molecular complexity index is 1080. The van der Waals surface area contributed by atoms with Crippen LogP contribution in [0.4, 0.5) is 4.39 Å². The predicted octanol–water partition coefficient (Wildman–Crippen LogP) is 4.83. The van der Waals surface area contributed by atoms with Gasteiger partial charge in [0.2, 0.25) is 11.9 Å². The van der Waals surface area contributed by atoms with Crippen molar-refractivity contribution >= 4 is 11.9 Å². The third-order valence-electron chi connectivity index (χ3n) is 5.47. The van der Waals surface area contributed by atoms with Gasteiger partial charge in [0.05, 0.1) is 6.54 Å². The molecule has 2 heterocycles. The second-order valence-electron chi connectivity index (χ2n) is 7.53. The Morgan fingerprint density at radius 1 is 1.10 bits per heavy atom. The van der Waals surface area contributed by atoms with Crippen LogP contribution in [0.3, 0.4) is 0 Å². The molecule has 0 unspecified atom stereocenters. The van der Waals surface area contributed by atoms with Crippen LogP contribution in [0.25, 0.3) is 11.1 Å². The molecule has 0 saturated carbocycles. The monoisotopic (exact) mass is 401 g/mol. The van der Waals surface area contributed by atoms with E-state index in [0.29, 0.717) is 25.1 Å². The molecule has 1 aliphatic rings. The summed E-state index contributed by atoms with van der Waals surface area (Å²) in [6.07, 6.45) is 4.87. The second-order valence-corrected chi connectivity index (χ2v) is 7.53. The van der Waals surface area contributed by atoms with E-state index >= 15 is 0 Å². The summed E-state index contributed by atoms with van der Waals surface area (Å²) in [4.78, 5) is 20.1. The molecule has 0 aliphatic carbocycles. The van der Waals surface area contributed by atoms with Gasteiger partial charge in [-0.25, -0.2) is 0 Å². The van der Waals surface area contributed by atoms with Crippen LogP contribution in [0.5, 0.6) is 0 Å². The molecule has 1 amide bonds. The number of hydrogen-bond acceptors (Lipinski definition) is 3. The molecule has 1 N–H and O–H groups in total. The van der Waals surface area contributed by atoms with E-state index in [1.54, 1.807) is 6.20 Å². The molecule has 0 bridgehead atoms. The maximum absolute atomic E-state index is 13.9. The average Bonchev–Trinajstić information content (AvgIpc) is 3.17. The molecular formula is C25H24FN3O. The fraction of sp³-hybridized carbons (Fsp3) is 0.240. The maximum atomic E-state index is 13.9. The molecule has 0 radical (unpaired) electrons. The Labute approximate surface area is 175 Å². The molecule has 4 rings (SSSR count). The van der Waals surface area contributed by atoms with E-state index in [-0.39, 0.29) is 11.8 Å². The van der Waals surface area contributed by atoms with Gasteiger partial charge in [0.15, 0.2) is 0 Å². The number of nitrogens with zero attached hydrogens (tertiary/aromatic N) is 2. The lowest BCUT2D eigenvalue weighted by Gasteiger charge is -2.18. The predicted molar refractivity (Wildman–Crippen MR) is 117 cm³/mol. The van der Waals surface area contributed by atoms with E-state index in [1.165, 1.54) is 5.56 Å². The number of pyridine rings is 1. The Balaban J connectivity index is 1.58. The molecule has 1 aromatic heterocycles. The zero-order valence-electron chi connectivity index (χ0n) is 16.9. The summed E-state index contributed by atoms with van der Waals surface area (Å²) in [5.74, 6) is -0.209. The van der Waals surface area contributed by atoms with Gasteiger partial charge in [-0.05, 0) is 40.8 Å². The van der Waals surface area contributed by atoms with E-state index in [9.17, 15) is 9.18 Å². The van der Waals surface area contributed by atoms with Crippen LogP contribution in [0.15, 0.2) is 72.0 Å². The number of aromatic nitrogens is 1. The first-order chi connectivity index (χ1) is 14.6. The number of carbonyl (C=O) groups is 1. The smallest absolute Gasteiger partial charge is 0.219 e. The molecule has 0 saturated heterocycles. The second kappa shape index (κ2) is 8.99. The SMILES string of the molecule is CCC(=O)NC[C@H](Cc1cncc(-c2ccc3c(c2)C(F)=NC3)c1)c1ccccc1. The average molecular weight is 401 g/mol. The van der Waals surface area contributed by atoms with Crippen molar-refractivity contribution in [2.75, 3.05) is 6.54 Å². The van der Waals surface area contributed by atoms with Crippen LogP contribution < -0.4 is 5.32 Å². The molecule has 1 aliphatic heterocycles. The van der Waals surface area contributed by atoms with Crippen molar-refractivity contribution in [3.05, 3.63) is 89.2 Å². The van der Waals surface area contributed by atoms with Crippen LogP contribution in [0, 0.1) is 0 Å². The van der Waals surface area contributed by atoms with Crippen molar-refractivity contribution in [2.24, 2.45) is 4.99 Å². The summed E-state index contributed by atoms with van der Waals surface area (Å²) >= 11 is 0. The van der Waals surface area contributed by atoms with E-state index in [4.69, 9.17) is 0 Å². The zero-order chi connectivity index (χ0) is 20.9.